The Balaban J connectivity index is 1.61. The van der Waals surface area contributed by atoms with Crippen LogP contribution in [0, 0.1) is 23.7 Å². The zero-order valence-electron chi connectivity index (χ0n) is 41.7. The number of aromatic nitrogens is 2. The Morgan fingerprint density at radius 1 is 0.894 bits per heavy atom. The lowest BCUT2D eigenvalue weighted by Gasteiger charge is -2.50. The number of esters is 2. The second-order valence-corrected chi connectivity index (χ2v) is 19.6. The molecular weight excluding hydrogens is 851 g/mol. The van der Waals surface area contributed by atoms with E-state index in [4.69, 9.17) is 42.6 Å². The summed E-state index contributed by atoms with van der Waals surface area (Å²) in [4.78, 5) is 62.4. The van der Waals surface area contributed by atoms with Crippen LogP contribution < -0.4 is 0 Å². The van der Waals surface area contributed by atoms with Crippen LogP contribution in [-0.2, 0) is 52.2 Å². The average molecular weight is 926 g/mol. The maximum absolute atomic E-state index is 14.9. The lowest BCUT2D eigenvalue weighted by atomic mass is 9.76. The fraction of sp³-hybridized carbons (Fsp3) is 0.700. The summed E-state index contributed by atoms with van der Waals surface area (Å²) < 4.78 is 59.7. The molecule has 3 aliphatic rings. The number of carbonyl (C=O) groups is 4. The Kier molecular flexibility index (Phi) is 17.6. The van der Waals surface area contributed by atoms with Crippen LogP contribution in [0.4, 0.5) is 4.79 Å². The van der Waals surface area contributed by atoms with Gasteiger partial charge in [-0.2, -0.15) is 0 Å². The zero-order valence-corrected chi connectivity index (χ0v) is 41.7. The molecule has 16 heteroatoms. The maximum Gasteiger partial charge on any atom is 0.420 e. The van der Waals surface area contributed by atoms with Gasteiger partial charge in [-0.05, 0) is 106 Å². The van der Waals surface area contributed by atoms with E-state index in [1.807, 2.05) is 61.7 Å². The Hall–Kier alpha value is -4.03. The first-order chi connectivity index (χ1) is 31.0. The summed E-state index contributed by atoms with van der Waals surface area (Å²) in [7, 11) is 7.21. The molecule has 2 aromatic rings. The molecule has 4 heterocycles. The van der Waals surface area contributed by atoms with Crippen LogP contribution in [-0.4, -0.2) is 139 Å². The molecule has 16 atom stereocenters. The van der Waals surface area contributed by atoms with Crippen molar-refractivity contribution < 1.29 is 61.8 Å². The summed E-state index contributed by atoms with van der Waals surface area (Å²) >= 11 is 0. The van der Waals surface area contributed by atoms with Crippen LogP contribution in [0.5, 0.6) is 0 Å². The van der Waals surface area contributed by atoms with E-state index in [-0.39, 0.29) is 43.1 Å². The van der Waals surface area contributed by atoms with Gasteiger partial charge in [0.2, 0.25) is 0 Å². The molecule has 0 amide bonds. The fourth-order valence-electron chi connectivity index (χ4n) is 10.2. The van der Waals surface area contributed by atoms with Gasteiger partial charge >= 0.3 is 18.0 Å². The highest BCUT2D eigenvalue weighted by molar-refractivity contribution is 5.96. The number of ketones is 1. The summed E-state index contributed by atoms with van der Waals surface area (Å²) in [6, 6.07) is 8.83. The predicted octanol–water partition coefficient (Wildman–Crippen LogP) is 7.42. The smallest absolute Gasteiger partial charge is 0.420 e. The van der Waals surface area contributed by atoms with Crippen molar-refractivity contribution in [2.24, 2.45) is 23.7 Å². The zero-order chi connectivity index (χ0) is 48.9. The first-order valence-electron chi connectivity index (χ1n) is 23.3. The van der Waals surface area contributed by atoms with Crippen LogP contribution in [0.15, 0.2) is 60.7 Å². The number of Topliss-reactive ketones (excluding diaryl/α,β-unsaturated/α-hetero) is 1. The third-order valence-corrected chi connectivity index (χ3v) is 14.2. The second kappa shape index (κ2) is 21.9. The van der Waals surface area contributed by atoms with E-state index in [2.05, 4.69) is 16.8 Å². The van der Waals surface area contributed by atoms with E-state index >= 15 is 0 Å². The molecule has 0 N–H and O–H groups in total. The molecule has 1 aromatic carbocycles. The summed E-state index contributed by atoms with van der Waals surface area (Å²) in [5.74, 6) is -3.77. The quantitative estimate of drug-likeness (QED) is 0.161. The lowest BCUT2D eigenvalue weighted by Crippen LogP contribution is -2.60. The Morgan fingerprint density at radius 2 is 1.55 bits per heavy atom. The number of benzene rings is 1. The van der Waals surface area contributed by atoms with Crippen molar-refractivity contribution in [2.75, 3.05) is 28.3 Å². The van der Waals surface area contributed by atoms with Gasteiger partial charge in [-0.3, -0.25) is 9.59 Å². The Labute approximate surface area is 391 Å². The van der Waals surface area contributed by atoms with E-state index < -0.39 is 95.7 Å². The number of cyclic esters (lactones) is 1. The van der Waals surface area contributed by atoms with Gasteiger partial charge in [0, 0.05) is 56.8 Å². The van der Waals surface area contributed by atoms with Crippen molar-refractivity contribution in [1.82, 2.24) is 14.5 Å². The van der Waals surface area contributed by atoms with Gasteiger partial charge in [-0.1, -0.05) is 45.9 Å². The highest BCUT2D eigenvalue weighted by Crippen LogP contribution is 2.43. The van der Waals surface area contributed by atoms with Gasteiger partial charge in [0.25, 0.3) is 0 Å². The summed E-state index contributed by atoms with van der Waals surface area (Å²) in [5, 5.41) is 0. The largest absolute Gasteiger partial charge is 0.457 e. The summed E-state index contributed by atoms with van der Waals surface area (Å²) in [6.07, 6.45) is 0.0666. The van der Waals surface area contributed by atoms with E-state index in [1.165, 1.54) is 23.3 Å². The maximum atomic E-state index is 14.9. The number of allylic oxidation sites excluding steroid dienone is 1. The molecule has 0 saturated carbocycles. The molecule has 1 aromatic heterocycles. The number of methoxy groups -OCH3 is 2. The monoisotopic (exact) mass is 926 g/mol. The molecule has 368 valence electrons. The molecule has 0 spiro atoms. The minimum Gasteiger partial charge on any atom is -0.457 e. The van der Waals surface area contributed by atoms with Crippen LogP contribution >= 0.6 is 0 Å². The minimum absolute atomic E-state index is 0.0860. The molecule has 0 radical (unpaired) electrons. The molecule has 16 nitrogen and oxygen atoms in total. The van der Waals surface area contributed by atoms with Crippen molar-refractivity contribution in [3.63, 3.8) is 0 Å². The first kappa shape index (κ1) is 52.9. The molecule has 0 bridgehead atoms. The van der Waals surface area contributed by atoms with Crippen LogP contribution in [0.3, 0.4) is 0 Å². The molecule has 0 aliphatic carbocycles. The molecule has 66 heavy (non-hydrogen) atoms. The summed E-state index contributed by atoms with van der Waals surface area (Å²) in [6.45, 7) is 20.2. The van der Waals surface area contributed by atoms with Crippen LogP contribution in [0.25, 0.3) is 0 Å². The standard InChI is InChI=1S/C50H75N3O13/c1-16-38-48(9,66-47(57)53-23-22-51-28-53)25-29(2)40(54)30(3)26-49(10,58-14)42(65-46-32(5)37(52(12)13)24-31(4)60-46)33(6)41(34(7)44(55)62-38)63-39-27-50(11,59-15)43(35(8)61-39)64-45(56)36-20-18-17-19-21-36/h17-23,25,28,30-35,37-39,41-43,46H,16,24,26-27H2,1-15H3/b29-25+/t30-,31-,32-,33+,34-,35+,37+,38-,39+,41+,42-,43+,46+,48+,49+,50-/m1/s1. The van der Waals surface area contributed by atoms with Crippen LogP contribution in [0.2, 0.25) is 0 Å². The highest BCUT2D eigenvalue weighted by Gasteiger charge is 2.54. The molecule has 5 rings (SSSR count). The van der Waals surface area contributed by atoms with Crippen molar-refractivity contribution in [2.45, 2.75) is 174 Å². The second-order valence-electron chi connectivity index (χ2n) is 19.6. The van der Waals surface area contributed by atoms with Crippen molar-refractivity contribution >= 4 is 23.8 Å². The van der Waals surface area contributed by atoms with E-state index in [0.717, 1.165) is 6.42 Å². The first-order valence-corrected chi connectivity index (χ1v) is 23.3. The van der Waals surface area contributed by atoms with Crippen LogP contribution in [0.1, 0.15) is 112 Å². The van der Waals surface area contributed by atoms with Crippen molar-refractivity contribution in [3.8, 4) is 0 Å². The lowest BCUT2D eigenvalue weighted by molar-refractivity contribution is -0.313. The SMILES string of the molecule is CC[C@H]1OC(=O)[C@H](C)[C@@H](O[C@H]2C[C@@](C)(OC)[C@@H](OC(=O)c3ccccc3)[C@H](C)O2)[C@H](C)[C@@H](O[C@@H]2O[C@H](C)C[C@H](N(C)C)[C@H]2C)[C@@](C)(OC)C[C@@H](C)C(=O)/C(C)=C/[C@]1(C)OC(=O)n1ccnc1. The topological polar surface area (TPSA) is 172 Å². The number of rotatable bonds is 11. The third kappa shape index (κ3) is 11.8. The van der Waals surface area contributed by atoms with E-state index in [1.54, 1.807) is 72.3 Å². The fourth-order valence-corrected chi connectivity index (χ4v) is 10.2. The number of carbonyl (C=O) groups excluding carboxylic acids is 4. The van der Waals surface area contributed by atoms with Crippen molar-refractivity contribution in [1.29, 1.82) is 0 Å². The number of hydrogen-bond donors (Lipinski definition) is 0. The molecule has 3 aliphatic heterocycles. The Morgan fingerprint density at radius 3 is 2.14 bits per heavy atom. The number of imidazole rings is 1. The van der Waals surface area contributed by atoms with E-state index in [0.29, 0.717) is 11.1 Å². The van der Waals surface area contributed by atoms with Crippen molar-refractivity contribution in [3.05, 3.63) is 66.3 Å². The normalized spacial score (nSPS) is 39.3. The minimum atomic E-state index is -1.60. The van der Waals surface area contributed by atoms with Gasteiger partial charge in [0.15, 0.2) is 30.1 Å². The van der Waals surface area contributed by atoms with Gasteiger partial charge in [0.05, 0.1) is 41.5 Å². The van der Waals surface area contributed by atoms with Gasteiger partial charge in [0.1, 0.15) is 18.0 Å². The number of hydrogen-bond acceptors (Lipinski definition) is 15. The molecular formula is C50H75N3O13. The van der Waals surface area contributed by atoms with Gasteiger partial charge in [-0.15, -0.1) is 0 Å². The third-order valence-electron chi connectivity index (χ3n) is 14.2. The number of nitrogens with zero attached hydrogens (tertiary/aromatic N) is 3. The average Bonchev–Trinajstić information content (AvgIpc) is 3.83. The summed E-state index contributed by atoms with van der Waals surface area (Å²) in [5.41, 5.74) is -3.16. The molecule has 0 unspecified atom stereocenters. The Bertz CT molecular complexity index is 1980. The predicted molar refractivity (Wildman–Crippen MR) is 244 cm³/mol. The van der Waals surface area contributed by atoms with E-state index in [9.17, 15) is 19.2 Å². The number of ether oxygens (including phenoxy) is 9. The highest BCUT2D eigenvalue weighted by atomic mass is 16.7. The van der Waals surface area contributed by atoms with Gasteiger partial charge < -0.3 is 47.5 Å². The molecule has 2 saturated heterocycles. The van der Waals surface area contributed by atoms with Gasteiger partial charge in [-0.25, -0.2) is 19.1 Å². The molecule has 2 fully saturated rings.